The lowest BCUT2D eigenvalue weighted by Crippen LogP contribution is -2.53. The van der Waals surface area contributed by atoms with E-state index in [1.807, 2.05) is 27.8 Å². The van der Waals surface area contributed by atoms with Crippen LogP contribution in [0, 0.1) is 0 Å². The number of piperazine rings is 1. The monoisotopic (exact) mass is 428 g/mol. The number of hydrogen-bond donors (Lipinski definition) is 1. The molecule has 1 N–H and O–H groups in total. The molecule has 1 unspecified atom stereocenters. The van der Waals surface area contributed by atoms with Crippen molar-refractivity contribution < 1.29 is 9.84 Å². The van der Waals surface area contributed by atoms with Crippen LogP contribution in [0.2, 0.25) is 5.02 Å². The van der Waals surface area contributed by atoms with Gasteiger partial charge in [-0.2, -0.15) is 10.2 Å². The molecule has 30 heavy (non-hydrogen) atoms. The van der Waals surface area contributed by atoms with Gasteiger partial charge in [0, 0.05) is 31.6 Å². The Morgan fingerprint density at radius 3 is 2.60 bits per heavy atom. The maximum atomic E-state index is 10.1. The molecule has 2 aromatic heterocycles. The van der Waals surface area contributed by atoms with E-state index in [4.69, 9.17) is 16.3 Å². The Morgan fingerprint density at radius 1 is 1.03 bits per heavy atom. The van der Waals surface area contributed by atoms with Gasteiger partial charge < -0.3 is 14.7 Å². The fraction of sp³-hybridized carbons (Fsp3) is 0.524. The molecular formula is C21H25ClN6O2. The number of fused-ring (bicyclic) bond motifs is 1. The maximum absolute atomic E-state index is 10.1. The molecule has 2 atom stereocenters. The lowest BCUT2D eigenvalue weighted by Gasteiger charge is -2.39. The highest BCUT2D eigenvalue weighted by Crippen LogP contribution is 2.36. The molecule has 9 heteroatoms. The molecule has 0 radical (unpaired) electrons. The molecule has 8 nitrogen and oxygen atoms in total. The van der Waals surface area contributed by atoms with Gasteiger partial charge in [-0.05, 0) is 25.0 Å². The van der Waals surface area contributed by atoms with Crippen LogP contribution in [0.3, 0.4) is 0 Å². The number of aliphatic hydroxyl groups is 1. The molecule has 3 aromatic rings. The highest BCUT2D eigenvalue weighted by Gasteiger charge is 2.33. The smallest absolute Gasteiger partial charge is 0.103 e. The standard InChI is InChI=1S/C21H25ClN6O2/c22-17-7-14-9-24-28(16-10-23-27(11-16)15-1-2-15)18(14)8-19(17)25-3-5-26(6-4-25)20-12-30-13-21(20)29/h7-11,15,20-21,29H,1-6,12-13H2/t20?,21-/m0/s1. The van der Waals surface area contributed by atoms with Crippen molar-refractivity contribution in [1.82, 2.24) is 24.5 Å². The van der Waals surface area contributed by atoms with Crippen LogP contribution in [-0.4, -0.2) is 81.1 Å². The third-order valence-corrected chi connectivity index (χ3v) is 6.84. The normalized spacial score (nSPS) is 25.5. The molecule has 4 heterocycles. The number of anilines is 1. The van der Waals surface area contributed by atoms with Crippen molar-refractivity contribution in [2.75, 3.05) is 44.3 Å². The molecule has 2 aliphatic heterocycles. The Morgan fingerprint density at radius 2 is 1.87 bits per heavy atom. The molecule has 6 rings (SSSR count). The lowest BCUT2D eigenvalue weighted by atomic mass is 10.1. The van der Waals surface area contributed by atoms with Crippen molar-refractivity contribution in [3.05, 3.63) is 35.7 Å². The van der Waals surface area contributed by atoms with Gasteiger partial charge in [-0.3, -0.25) is 9.58 Å². The van der Waals surface area contributed by atoms with Crippen LogP contribution in [0.5, 0.6) is 0 Å². The zero-order valence-electron chi connectivity index (χ0n) is 16.7. The van der Waals surface area contributed by atoms with Gasteiger partial charge in [-0.15, -0.1) is 0 Å². The molecule has 2 saturated heterocycles. The number of rotatable bonds is 4. The average Bonchev–Trinajstić information content (AvgIpc) is 3.14. The number of aromatic nitrogens is 4. The van der Waals surface area contributed by atoms with E-state index in [1.54, 1.807) is 0 Å². The Kier molecular flexibility index (Phi) is 4.49. The van der Waals surface area contributed by atoms with Crippen LogP contribution >= 0.6 is 11.6 Å². The molecule has 3 fully saturated rings. The molecule has 0 spiro atoms. The van der Waals surface area contributed by atoms with Gasteiger partial charge in [-0.25, -0.2) is 4.68 Å². The molecule has 1 saturated carbocycles. The third-order valence-electron chi connectivity index (χ3n) is 6.54. The molecule has 1 aromatic carbocycles. The van der Waals surface area contributed by atoms with E-state index in [0.29, 0.717) is 19.3 Å². The molecule has 0 bridgehead atoms. The summed E-state index contributed by atoms with van der Waals surface area (Å²) in [7, 11) is 0. The number of aliphatic hydroxyl groups excluding tert-OH is 1. The van der Waals surface area contributed by atoms with Crippen molar-refractivity contribution in [3.8, 4) is 5.69 Å². The maximum Gasteiger partial charge on any atom is 0.103 e. The predicted octanol–water partition coefficient (Wildman–Crippen LogP) is 2.09. The zero-order valence-corrected chi connectivity index (χ0v) is 17.4. The van der Waals surface area contributed by atoms with Crippen LogP contribution < -0.4 is 4.90 Å². The summed E-state index contributed by atoms with van der Waals surface area (Å²) in [6, 6.07) is 4.80. The number of hydrogen-bond acceptors (Lipinski definition) is 6. The predicted molar refractivity (Wildman–Crippen MR) is 115 cm³/mol. The molecule has 1 aliphatic carbocycles. The van der Waals surface area contributed by atoms with Crippen molar-refractivity contribution in [3.63, 3.8) is 0 Å². The fourth-order valence-electron chi connectivity index (χ4n) is 4.63. The van der Waals surface area contributed by atoms with Gasteiger partial charge >= 0.3 is 0 Å². The Hall–Kier alpha value is -2.13. The molecule has 158 valence electrons. The first-order chi connectivity index (χ1) is 14.7. The summed E-state index contributed by atoms with van der Waals surface area (Å²) >= 11 is 6.66. The van der Waals surface area contributed by atoms with Gasteiger partial charge in [0.1, 0.15) is 5.69 Å². The van der Waals surface area contributed by atoms with Crippen LogP contribution in [-0.2, 0) is 4.74 Å². The van der Waals surface area contributed by atoms with E-state index < -0.39 is 0 Å². The Labute approximate surface area is 179 Å². The van der Waals surface area contributed by atoms with Crippen molar-refractivity contribution in [2.24, 2.45) is 0 Å². The fourth-order valence-corrected chi connectivity index (χ4v) is 4.93. The molecule has 0 amide bonds. The second kappa shape index (κ2) is 7.23. The second-order valence-electron chi connectivity index (χ2n) is 8.52. The number of ether oxygens (including phenoxy) is 1. The van der Waals surface area contributed by atoms with Gasteiger partial charge in [0.2, 0.25) is 0 Å². The zero-order chi connectivity index (χ0) is 20.2. The van der Waals surface area contributed by atoms with E-state index >= 15 is 0 Å². The van der Waals surface area contributed by atoms with Crippen molar-refractivity contribution in [2.45, 2.75) is 31.0 Å². The summed E-state index contributed by atoms with van der Waals surface area (Å²) in [5, 5.41) is 21.0. The topological polar surface area (TPSA) is 71.6 Å². The first kappa shape index (κ1) is 18.6. The minimum atomic E-state index is -0.387. The SMILES string of the molecule is O[C@H]1COCC1N1CCN(c2cc3c(cnn3-c3cnn(C4CC4)c3)cc2Cl)CC1. The van der Waals surface area contributed by atoms with Crippen LogP contribution in [0.1, 0.15) is 18.9 Å². The molecular weight excluding hydrogens is 404 g/mol. The quantitative estimate of drug-likeness (QED) is 0.686. The summed E-state index contributed by atoms with van der Waals surface area (Å²) in [5.41, 5.74) is 3.04. The largest absolute Gasteiger partial charge is 0.389 e. The van der Waals surface area contributed by atoms with Crippen LogP contribution in [0.15, 0.2) is 30.7 Å². The van der Waals surface area contributed by atoms with E-state index in [2.05, 4.69) is 32.3 Å². The van der Waals surface area contributed by atoms with Gasteiger partial charge in [0.05, 0.1) is 66.2 Å². The number of benzene rings is 1. The highest BCUT2D eigenvalue weighted by atomic mass is 35.5. The van der Waals surface area contributed by atoms with Crippen LogP contribution in [0.4, 0.5) is 5.69 Å². The van der Waals surface area contributed by atoms with E-state index in [9.17, 15) is 5.11 Å². The highest BCUT2D eigenvalue weighted by molar-refractivity contribution is 6.34. The average molecular weight is 429 g/mol. The minimum absolute atomic E-state index is 0.106. The van der Waals surface area contributed by atoms with Crippen LogP contribution in [0.25, 0.3) is 16.6 Å². The van der Waals surface area contributed by atoms with Gasteiger partial charge in [0.25, 0.3) is 0 Å². The Balaban J connectivity index is 1.26. The summed E-state index contributed by atoms with van der Waals surface area (Å²) < 4.78 is 9.41. The summed E-state index contributed by atoms with van der Waals surface area (Å²) in [4.78, 5) is 4.66. The summed E-state index contributed by atoms with van der Waals surface area (Å²) in [6.07, 6.45) is 7.84. The second-order valence-corrected chi connectivity index (χ2v) is 8.93. The van der Waals surface area contributed by atoms with E-state index in [-0.39, 0.29) is 12.1 Å². The number of halogens is 1. The van der Waals surface area contributed by atoms with Crippen molar-refractivity contribution >= 4 is 28.2 Å². The van der Waals surface area contributed by atoms with E-state index in [0.717, 1.165) is 53.5 Å². The summed E-state index contributed by atoms with van der Waals surface area (Å²) in [5.74, 6) is 0. The van der Waals surface area contributed by atoms with Crippen molar-refractivity contribution in [1.29, 1.82) is 0 Å². The van der Waals surface area contributed by atoms with E-state index in [1.165, 1.54) is 12.8 Å². The summed E-state index contributed by atoms with van der Waals surface area (Å²) in [6.45, 7) is 4.54. The first-order valence-corrected chi connectivity index (χ1v) is 11.0. The Bertz CT molecular complexity index is 1070. The van der Waals surface area contributed by atoms with Gasteiger partial charge in [0.15, 0.2) is 0 Å². The minimum Gasteiger partial charge on any atom is -0.389 e. The third kappa shape index (κ3) is 3.19. The lowest BCUT2D eigenvalue weighted by molar-refractivity contribution is 0.0785. The van der Waals surface area contributed by atoms with Gasteiger partial charge in [-0.1, -0.05) is 11.6 Å². The first-order valence-electron chi connectivity index (χ1n) is 10.6. The number of nitrogens with zero attached hydrogens (tertiary/aromatic N) is 6. The molecule has 3 aliphatic rings.